The van der Waals surface area contributed by atoms with Crippen molar-refractivity contribution < 1.29 is 23.9 Å². The van der Waals surface area contributed by atoms with Gasteiger partial charge in [0.15, 0.2) is 6.10 Å². The van der Waals surface area contributed by atoms with Crippen molar-refractivity contribution in [2.45, 2.75) is 33.4 Å². The fraction of sp³-hybridized carbons (Fsp3) is 0.273. The Balaban J connectivity index is 1.95. The number of nitrogens with two attached hydrogens (primary N) is 1. The van der Waals surface area contributed by atoms with Crippen LogP contribution < -0.4 is 16.4 Å². The van der Waals surface area contributed by atoms with Crippen molar-refractivity contribution in [3.8, 4) is 0 Å². The summed E-state index contributed by atoms with van der Waals surface area (Å²) in [5, 5.41) is 5.19. The number of ether oxygens (including phenoxy) is 1. The SMILES string of the molecule is CC(C)C(=O)Nc1ccc(C(=O)C(C)OC(=O)c2ccc(CNC(N)=O)cc2)cc1. The maximum absolute atomic E-state index is 12.5. The van der Waals surface area contributed by atoms with Gasteiger partial charge in [0.1, 0.15) is 0 Å². The van der Waals surface area contributed by atoms with Gasteiger partial charge in [0, 0.05) is 23.7 Å². The second-order valence-corrected chi connectivity index (χ2v) is 7.05. The molecule has 0 aliphatic heterocycles. The maximum Gasteiger partial charge on any atom is 0.338 e. The number of urea groups is 1. The fourth-order valence-electron chi connectivity index (χ4n) is 2.47. The standard InChI is InChI=1S/C22H25N3O5/c1-13(2)20(27)25-18-10-8-16(9-11-18)19(26)14(3)30-21(28)17-6-4-15(5-7-17)12-24-22(23)29/h4-11,13-14H,12H2,1-3H3,(H,25,27)(H3,23,24,29). The molecule has 0 saturated heterocycles. The molecule has 1 unspecified atom stereocenters. The highest BCUT2D eigenvalue weighted by Gasteiger charge is 2.20. The molecular weight excluding hydrogens is 386 g/mol. The summed E-state index contributed by atoms with van der Waals surface area (Å²) in [5.74, 6) is -1.26. The molecule has 0 aromatic heterocycles. The van der Waals surface area contributed by atoms with E-state index in [0.29, 0.717) is 11.3 Å². The van der Waals surface area contributed by atoms with Crippen LogP contribution in [0.15, 0.2) is 48.5 Å². The molecule has 8 heteroatoms. The summed E-state index contributed by atoms with van der Waals surface area (Å²) in [5.41, 5.74) is 7.01. The second kappa shape index (κ2) is 10.2. The van der Waals surface area contributed by atoms with E-state index < -0.39 is 18.1 Å². The number of Topliss-reactive ketones (excluding diaryl/α,β-unsaturated/α-hetero) is 1. The number of amides is 3. The van der Waals surface area contributed by atoms with E-state index in [1.807, 2.05) is 0 Å². The first-order valence-electron chi connectivity index (χ1n) is 9.45. The Hall–Kier alpha value is -3.68. The predicted molar refractivity (Wildman–Crippen MR) is 112 cm³/mol. The highest BCUT2D eigenvalue weighted by Crippen LogP contribution is 2.15. The van der Waals surface area contributed by atoms with E-state index in [-0.39, 0.29) is 29.7 Å². The second-order valence-electron chi connectivity index (χ2n) is 7.05. The zero-order chi connectivity index (χ0) is 22.3. The average Bonchev–Trinajstić information content (AvgIpc) is 2.72. The minimum absolute atomic E-state index is 0.118. The largest absolute Gasteiger partial charge is 0.451 e. The van der Waals surface area contributed by atoms with Crippen LogP contribution in [0.2, 0.25) is 0 Å². The van der Waals surface area contributed by atoms with E-state index in [0.717, 1.165) is 5.56 Å². The lowest BCUT2D eigenvalue weighted by Gasteiger charge is -2.13. The summed E-state index contributed by atoms with van der Waals surface area (Å²) in [7, 11) is 0. The quantitative estimate of drug-likeness (QED) is 0.455. The number of anilines is 1. The van der Waals surface area contributed by atoms with E-state index in [1.54, 1.807) is 62.4 Å². The van der Waals surface area contributed by atoms with E-state index in [2.05, 4.69) is 10.6 Å². The van der Waals surface area contributed by atoms with Gasteiger partial charge >= 0.3 is 12.0 Å². The zero-order valence-corrected chi connectivity index (χ0v) is 17.1. The molecule has 0 spiro atoms. The van der Waals surface area contributed by atoms with Crippen molar-refractivity contribution in [1.29, 1.82) is 0 Å². The summed E-state index contributed by atoms with van der Waals surface area (Å²) < 4.78 is 5.27. The monoisotopic (exact) mass is 411 g/mol. The molecule has 0 heterocycles. The Kier molecular flexibility index (Phi) is 7.69. The van der Waals surface area contributed by atoms with Gasteiger partial charge in [0.2, 0.25) is 11.7 Å². The first-order chi connectivity index (χ1) is 14.2. The van der Waals surface area contributed by atoms with Gasteiger partial charge in [-0.1, -0.05) is 26.0 Å². The molecule has 30 heavy (non-hydrogen) atoms. The lowest BCUT2D eigenvalue weighted by molar-refractivity contribution is -0.118. The molecule has 4 N–H and O–H groups in total. The smallest absolute Gasteiger partial charge is 0.338 e. The van der Waals surface area contributed by atoms with Crippen LogP contribution in [0.3, 0.4) is 0 Å². The Labute approximate surface area is 174 Å². The molecule has 2 aromatic carbocycles. The Morgan fingerprint density at radius 2 is 1.47 bits per heavy atom. The van der Waals surface area contributed by atoms with Crippen LogP contribution in [0.5, 0.6) is 0 Å². The van der Waals surface area contributed by atoms with Gasteiger partial charge in [-0.15, -0.1) is 0 Å². The summed E-state index contributed by atoms with van der Waals surface area (Å²) in [6, 6.07) is 12.2. The number of esters is 1. The van der Waals surface area contributed by atoms with Crippen LogP contribution in [-0.2, 0) is 16.1 Å². The minimum Gasteiger partial charge on any atom is -0.451 e. The van der Waals surface area contributed by atoms with Crippen LogP contribution in [0.4, 0.5) is 10.5 Å². The van der Waals surface area contributed by atoms with E-state index in [9.17, 15) is 19.2 Å². The fourth-order valence-corrected chi connectivity index (χ4v) is 2.47. The summed E-state index contributed by atoms with van der Waals surface area (Å²) in [6.07, 6.45) is -0.982. The van der Waals surface area contributed by atoms with Gasteiger partial charge in [-0.2, -0.15) is 0 Å². The summed E-state index contributed by atoms with van der Waals surface area (Å²) >= 11 is 0. The number of rotatable bonds is 8. The molecule has 1 atom stereocenters. The van der Waals surface area contributed by atoms with Gasteiger partial charge in [0.05, 0.1) is 5.56 Å². The highest BCUT2D eigenvalue weighted by molar-refractivity contribution is 6.02. The van der Waals surface area contributed by atoms with E-state index in [4.69, 9.17) is 10.5 Å². The minimum atomic E-state index is -0.982. The topological polar surface area (TPSA) is 128 Å². The molecule has 0 aliphatic rings. The van der Waals surface area contributed by atoms with Crippen LogP contribution in [0.1, 0.15) is 47.1 Å². The highest BCUT2D eigenvalue weighted by atomic mass is 16.5. The van der Waals surface area contributed by atoms with E-state index in [1.165, 1.54) is 6.92 Å². The van der Waals surface area contributed by atoms with Crippen molar-refractivity contribution in [3.05, 3.63) is 65.2 Å². The van der Waals surface area contributed by atoms with Crippen LogP contribution in [-0.4, -0.2) is 29.8 Å². The summed E-state index contributed by atoms with van der Waals surface area (Å²) in [4.78, 5) is 47.3. The normalized spacial score (nSPS) is 11.5. The molecule has 0 aliphatic carbocycles. The van der Waals surface area contributed by atoms with Crippen LogP contribution >= 0.6 is 0 Å². The number of hydrogen-bond donors (Lipinski definition) is 3. The van der Waals surface area contributed by atoms with Gasteiger partial charge in [-0.05, 0) is 48.9 Å². The number of carbonyl (C=O) groups is 4. The van der Waals surface area contributed by atoms with Crippen LogP contribution in [0.25, 0.3) is 0 Å². The van der Waals surface area contributed by atoms with Gasteiger partial charge in [-0.25, -0.2) is 9.59 Å². The lowest BCUT2D eigenvalue weighted by atomic mass is 10.1. The van der Waals surface area contributed by atoms with Crippen molar-refractivity contribution in [3.63, 3.8) is 0 Å². The molecule has 0 saturated carbocycles. The molecule has 3 amide bonds. The number of carbonyl (C=O) groups excluding carboxylic acids is 4. The van der Waals surface area contributed by atoms with Crippen molar-refractivity contribution in [2.24, 2.45) is 11.7 Å². The third-order valence-electron chi connectivity index (χ3n) is 4.27. The lowest BCUT2D eigenvalue weighted by Crippen LogP contribution is -2.28. The molecular formula is C22H25N3O5. The number of benzene rings is 2. The molecule has 0 radical (unpaired) electrons. The predicted octanol–water partition coefficient (Wildman–Crippen LogP) is 2.88. The first kappa shape index (κ1) is 22.6. The number of nitrogens with one attached hydrogen (secondary N) is 2. The molecule has 158 valence electrons. The molecule has 0 bridgehead atoms. The maximum atomic E-state index is 12.5. The van der Waals surface area contributed by atoms with Crippen molar-refractivity contribution >= 4 is 29.4 Å². The third kappa shape index (κ3) is 6.44. The number of hydrogen-bond acceptors (Lipinski definition) is 5. The Morgan fingerprint density at radius 1 is 0.900 bits per heavy atom. The molecule has 0 fully saturated rings. The first-order valence-corrected chi connectivity index (χ1v) is 9.45. The number of ketones is 1. The Morgan fingerprint density at radius 3 is 2.00 bits per heavy atom. The van der Waals surface area contributed by atoms with Crippen molar-refractivity contribution in [1.82, 2.24) is 5.32 Å². The van der Waals surface area contributed by atoms with E-state index >= 15 is 0 Å². The van der Waals surface area contributed by atoms with Gasteiger partial charge in [0.25, 0.3) is 0 Å². The van der Waals surface area contributed by atoms with Crippen molar-refractivity contribution in [2.75, 3.05) is 5.32 Å². The number of primary amides is 1. The zero-order valence-electron chi connectivity index (χ0n) is 17.1. The van der Waals surface area contributed by atoms with Gasteiger partial charge < -0.3 is 21.1 Å². The Bertz CT molecular complexity index is 921. The molecule has 2 rings (SSSR count). The molecule has 2 aromatic rings. The van der Waals surface area contributed by atoms with Gasteiger partial charge in [-0.3, -0.25) is 9.59 Å². The van der Waals surface area contributed by atoms with Crippen LogP contribution in [0, 0.1) is 5.92 Å². The average molecular weight is 411 g/mol. The molecule has 8 nitrogen and oxygen atoms in total. The summed E-state index contributed by atoms with van der Waals surface area (Å²) in [6.45, 7) is 5.32. The third-order valence-corrected chi connectivity index (χ3v) is 4.27.